The molecule has 3 N–H and O–H groups in total. The molecule has 124 valence electrons. The zero-order valence-electron chi connectivity index (χ0n) is 13.9. The van der Waals surface area contributed by atoms with Crippen molar-refractivity contribution in [2.24, 2.45) is 5.73 Å². The maximum Gasteiger partial charge on any atom is 0.407 e. The van der Waals surface area contributed by atoms with Gasteiger partial charge in [-0.3, -0.25) is 4.79 Å². The van der Waals surface area contributed by atoms with E-state index in [1.54, 1.807) is 39.0 Å². The van der Waals surface area contributed by atoms with E-state index in [0.29, 0.717) is 29.8 Å². The number of hydrogen-bond donors (Lipinski definition) is 2. The predicted molar refractivity (Wildman–Crippen MR) is 87.2 cm³/mol. The van der Waals surface area contributed by atoms with Crippen molar-refractivity contribution < 1.29 is 19.1 Å². The minimum absolute atomic E-state index is 0.303. The van der Waals surface area contributed by atoms with E-state index in [2.05, 4.69) is 17.2 Å². The van der Waals surface area contributed by atoms with Crippen molar-refractivity contribution in [3.63, 3.8) is 0 Å². The fraction of sp³-hybridized carbons (Fsp3) is 0.412. The number of benzene rings is 1. The molecule has 0 heterocycles. The van der Waals surface area contributed by atoms with Gasteiger partial charge in [0.15, 0.2) is 0 Å². The van der Waals surface area contributed by atoms with Crippen molar-refractivity contribution in [1.29, 1.82) is 0 Å². The van der Waals surface area contributed by atoms with Crippen LogP contribution in [0.3, 0.4) is 0 Å². The maximum absolute atomic E-state index is 11.4. The number of nitrogens with one attached hydrogen (secondary N) is 1. The van der Waals surface area contributed by atoms with Gasteiger partial charge in [-0.25, -0.2) is 4.79 Å². The third kappa shape index (κ3) is 6.74. The second-order valence-electron chi connectivity index (χ2n) is 5.76. The molecule has 6 heteroatoms. The molecule has 2 amide bonds. The summed E-state index contributed by atoms with van der Waals surface area (Å²) in [6.07, 6.45) is -0.0645. The monoisotopic (exact) mass is 318 g/mol. The van der Waals surface area contributed by atoms with Gasteiger partial charge in [0.25, 0.3) is 0 Å². The third-order valence-corrected chi connectivity index (χ3v) is 2.63. The van der Waals surface area contributed by atoms with Gasteiger partial charge in [-0.1, -0.05) is 11.8 Å². The largest absolute Gasteiger partial charge is 0.497 e. The number of hydrogen-bond acceptors (Lipinski definition) is 4. The lowest BCUT2D eigenvalue weighted by molar-refractivity contribution is 0.0529. The van der Waals surface area contributed by atoms with Gasteiger partial charge in [0, 0.05) is 18.5 Å². The third-order valence-electron chi connectivity index (χ3n) is 2.63. The Balaban J connectivity index is 2.60. The Morgan fingerprint density at radius 3 is 2.57 bits per heavy atom. The molecule has 0 radical (unpaired) electrons. The summed E-state index contributed by atoms with van der Waals surface area (Å²) < 4.78 is 10.2. The topological polar surface area (TPSA) is 90.7 Å². The second-order valence-corrected chi connectivity index (χ2v) is 5.76. The molecule has 0 unspecified atom stereocenters. The van der Waals surface area contributed by atoms with Crippen molar-refractivity contribution in [3.05, 3.63) is 29.3 Å². The van der Waals surface area contributed by atoms with Gasteiger partial charge in [0.2, 0.25) is 5.91 Å². The van der Waals surface area contributed by atoms with Gasteiger partial charge >= 0.3 is 6.09 Å². The van der Waals surface area contributed by atoms with Crippen LogP contribution in [0.5, 0.6) is 5.75 Å². The summed E-state index contributed by atoms with van der Waals surface area (Å²) in [6.45, 7) is 5.73. The molecule has 0 spiro atoms. The van der Waals surface area contributed by atoms with Crippen LogP contribution in [0, 0.1) is 11.8 Å². The Morgan fingerprint density at radius 1 is 1.30 bits per heavy atom. The summed E-state index contributed by atoms with van der Waals surface area (Å²) in [7, 11) is 1.51. The van der Waals surface area contributed by atoms with Crippen LogP contribution >= 0.6 is 0 Å². The van der Waals surface area contributed by atoms with Gasteiger partial charge in [-0.2, -0.15) is 0 Å². The first-order valence-electron chi connectivity index (χ1n) is 7.16. The smallest absolute Gasteiger partial charge is 0.407 e. The number of nitrogens with two attached hydrogens (primary N) is 1. The standard InChI is InChI=1S/C17H22N2O4/c1-17(2,3)23-16(21)19-10-6-5-7-12-8-9-13(22-4)11-14(12)15(18)20/h8-9,11H,6,10H2,1-4H3,(H2,18,20)(H,19,21). The maximum atomic E-state index is 11.4. The minimum Gasteiger partial charge on any atom is -0.497 e. The van der Waals surface area contributed by atoms with Crippen molar-refractivity contribution in [3.8, 4) is 17.6 Å². The van der Waals surface area contributed by atoms with Crippen LogP contribution < -0.4 is 15.8 Å². The number of rotatable bonds is 4. The average Bonchev–Trinajstić information content (AvgIpc) is 2.45. The summed E-state index contributed by atoms with van der Waals surface area (Å²) in [5.74, 6) is 5.72. The molecule has 23 heavy (non-hydrogen) atoms. The van der Waals surface area contributed by atoms with Gasteiger partial charge in [-0.05, 0) is 39.0 Å². The predicted octanol–water partition coefficient (Wildman–Crippen LogP) is 2.06. The normalized spacial score (nSPS) is 10.3. The lowest BCUT2D eigenvalue weighted by Gasteiger charge is -2.19. The summed E-state index contributed by atoms with van der Waals surface area (Å²) >= 11 is 0. The summed E-state index contributed by atoms with van der Waals surface area (Å²) in [4.78, 5) is 22.9. The number of carbonyl (C=O) groups excluding carboxylic acids is 2. The van der Waals surface area contributed by atoms with E-state index in [-0.39, 0.29) is 0 Å². The molecular weight excluding hydrogens is 296 g/mol. The molecule has 0 saturated heterocycles. The van der Waals surface area contributed by atoms with E-state index in [1.807, 2.05) is 0 Å². The number of carbonyl (C=O) groups is 2. The molecule has 1 rings (SSSR count). The SMILES string of the molecule is COc1ccc(C#CCCNC(=O)OC(C)(C)C)c(C(N)=O)c1. The lowest BCUT2D eigenvalue weighted by Crippen LogP contribution is -2.32. The molecule has 0 atom stereocenters. The van der Waals surface area contributed by atoms with Crippen LogP contribution in [0.1, 0.15) is 43.1 Å². The van der Waals surface area contributed by atoms with Crippen LogP contribution in [-0.2, 0) is 4.74 Å². The van der Waals surface area contributed by atoms with Crippen LogP contribution in [0.2, 0.25) is 0 Å². The Bertz CT molecular complexity index is 636. The minimum atomic E-state index is -0.569. The molecule has 1 aromatic carbocycles. The number of ether oxygens (including phenoxy) is 2. The van der Waals surface area contributed by atoms with E-state index in [9.17, 15) is 9.59 Å². The average molecular weight is 318 g/mol. The molecule has 0 fully saturated rings. The van der Waals surface area contributed by atoms with Gasteiger partial charge in [0.1, 0.15) is 11.4 Å². The Hall–Kier alpha value is -2.68. The first-order valence-corrected chi connectivity index (χ1v) is 7.16. The summed E-state index contributed by atoms with van der Waals surface area (Å²) in [5, 5.41) is 2.61. The first-order chi connectivity index (χ1) is 10.7. The lowest BCUT2D eigenvalue weighted by atomic mass is 10.1. The van der Waals surface area contributed by atoms with Crippen LogP contribution in [0.25, 0.3) is 0 Å². The molecule has 0 saturated carbocycles. The van der Waals surface area contributed by atoms with E-state index in [0.717, 1.165) is 0 Å². The van der Waals surface area contributed by atoms with Crippen molar-refractivity contribution >= 4 is 12.0 Å². The fourth-order valence-electron chi connectivity index (χ4n) is 1.66. The quantitative estimate of drug-likeness (QED) is 0.657. The molecule has 0 aromatic heterocycles. The van der Waals surface area contributed by atoms with E-state index >= 15 is 0 Å². The van der Waals surface area contributed by atoms with Crippen molar-refractivity contribution in [2.45, 2.75) is 32.8 Å². The fourth-order valence-corrected chi connectivity index (χ4v) is 1.66. The van der Waals surface area contributed by atoms with Gasteiger partial charge < -0.3 is 20.5 Å². The zero-order chi connectivity index (χ0) is 17.5. The molecule has 0 bridgehead atoms. The Kier molecular flexibility index (Phi) is 6.46. The second kappa shape index (κ2) is 8.08. The first kappa shape index (κ1) is 18.4. The molecule has 0 aliphatic heterocycles. The summed E-state index contributed by atoms with van der Waals surface area (Å²) in [6, 6.07) is 4.92. The molecule has 6 nitrogen and oxygen atoms in total. The highest BCUT2D eigenvalue weighted by atomic mass is 16.6. The number of amides is 2. The van der Waals surface area contributed by atoms with Gasteiger partial charge in [-0.15, -0.1) is 0 Å². The highest BCUT2D eigenvalue weighted by Crippen LogP contribution is 2.16. The van der Waals surface area contributed by atoms with E-state index in [1.165, 1.54) is 7.11 Å². The number of methoxy groups -OCH3 is 1. The van der Waals surface area contributed by atoms with Crippen LogP contribution in [0.15, 0.2) is 18.2 Å². The van der Waals surface area contributed by atoms with Crippen molar-refractivity contribution in [1.82, 2.24) is 5.32 Å². The van der Waals surface area contributed by atoms with E-state index in [4.69, 9.17) is 15.2 Å². The van der Waals surface area contributed by atoms with Gasteiger partial charge in [0.05, 0.1) is 12.7 Å². The molecule has 0 aliphatic rings. The Labute approximate surface area is 136 Å². The summed E-state index contributed by atoms with van der Waals surface area (Å²) in [5.41, 5.74) is 5.63. The number of alkyl carbamates (subject to hydrolysis) is 1. The van der Waals surface area contributed by atoms with Crippen LogP contribution in [0.4, 0.5) is 4.79 Å². The van der Waals surface area contributed by atoms with Crippen LogP contribution in [-0.4, -0.2) is 31.3 Å². The van der Waals surface area contributed by atoms with E-state index < -0.39 is 17.6 Å². The molecule has 1 aromatic rings. The molecular formula is C17H22N2O4. The highest BCUT2D eigenvalue weighted by Gasteiger charge is 2.15. The number of primary amides is 1. The highest BCUT2D eigenvalue weighted by molar-refractivity contribution is 5.95. The Morgan fingerprint density at radius 2 is 2.00 bits per heavy atom. The zero-order valence-corrected chi connectivity index (χ0v) is 13.9. The molecule has 0 aliphatic carbocycles. The van der Waals surface area contributed by atoms with Crippen molar-refractivity contribution in [2.75, 3.05) is 13.7 Å².